The van der Waals surface area contributed by atoms with Crippen LogP contribution in [0.2, 0.25) is 0 Å². The molecule has 0 aromatic heterocycles. The summed E-state index contributed by atoms with van der Waals surface area (Å²) in [5, 5.41) is 9.95. The number of nitriles is 1. The molecule has 43 heavy (non-hydrogen) atoms. The highest BCUT2D eigenvalue weighted by atomic mass is 19.1. The van der Waals surface area contributed by atoms with E-state index in [1.807, 2.05) is 12.1 Å². The van der Waals surface area contributed by atoms with Crippen molar-refractivity contribution in [3.8, 4) is 34.8 Å². The van der Waals surface area contributed by atoms with Crippen molar-refractivity contribution in [3.05, 3.63) is 131 Å². The maximum Gasteiger partial charge on any atom is 0.336 e. The molecule has 9 heteroatoms. The molecular formula is C34H27FN2O6. The Morgan fingerprint density at radius 2 is 1.74 bits per heavy atom. The lowest BCUT2D eigenvalue weighted by molar-refractivity contribution is -0.128. The second-order valence-electron chi connectivity index (χ2n) is 9.44. The fourth-order valence-corrected chi connectivity index (χ4v) is 4.63. The zero-order valence-corrected chi connectivity index (χ0v) is 23.4. The van der Waals surface area contributed by atoms with Gasteiger partial charge in [-0.1, -0.05) is 42.5 Å². The quantitative estimate of drug-likeness (QED) is 0.141. The van der Waals surface area contributed by atoms with Gasteiger partial charge in [0.15, 0.2) is 11.5 Å². The Morgan fingerprint density at radius 1 is 0.977 bits per heavy atom. The van der Waals surface area contributed by atoms with Gasteiger partial charge in [-0.3, -0.25) is 0 Å². The molecule has 1 aliphatic rings. The molecule has 4 aromatic carbocycles. The Hall–Kier alpha value is -5.75. The maximum absolute atomic E-state index is 14.1. The molecule has 8 nitrogen and oxygen atoms in total. The van der Waals surface area contributed by atoms with Crippen LogP contribution in [-0.2, 0) is 11.4 Å². The predicted molar refractivity (Wildman–Crippen MR) is 157 cm³/mol. The van der Waals surface area contributed by atoms with Crippen molar-refractivity contribution >= 4 is 12.0 Å². The highest BCUT2D eigenvalue weighted by Gasteiger charge is 2.31. The van der Waals surface area contributed by atoms with Gasteiger partial charge in [0.25, 0.3) is 0 Å². The van der Waals surface area contributed by atoms with Gasteiger partial charge in [0, 0.05) is 23.3 Å². The van der Waals surface area contributed by atoms with E-state index in [1.54, 1.807) is 79.9 Å². The second-order valence-corrected chi connectivity index (χ2v) is 9.44. The molecule has 0 fully saturated rings. The van der Waals surface area contributed by atoms with Crippen LogP contribution in [0.1, 0.15) is 28.2 Å². The number of carbonyl (C=O) groups excluding carboxylic acids is 1. The van der Waals surface area contributed by atoms with Crippen LogP contribution in [0.5, 0.6) is 28.7 Å². The normalized spacial score (nSPS) is 14.0. The zero-order chi connectivity index (χ0) is 30.3. The molecule has 0 aliphatic carbocycles. The minimum absolute atomic E-state index is 0.00948. The summed E-state index contributed by atoms with van der Waals surface area (Å²) in [5.41, 5.74) is 8.90. The number of fused-ring (bicyclic) bond motifs is 1. The minimum atomic E-state index is -0.594. The summed E-state index contributed by atoms with van der Waals surface area (Å²) < 4.78 is 41.9. The number of hydrogen-bond acceptors (Lipinski definition) is 8. The van der Waals surface area contributed by atoms with Crippen LogP contribution in [0.4, 0.5) is 4.39 Å². The van der Waals surface area contributed by atoms with E-state index in [0.717, 1.165) is 5.56 Å². The van der Waals surface area contributed by atoms with Crippen LogP contribution in [0.3, 0.4) is 0 Å². The molecule has 0 saturated heterocycles. The van der Waals surface area contributed by atoms with Crippen molar-refractivity contribution in [1.29, 1.82) is 5.26 Å². The Labute approximate surface area is 247 Å². The van der Waals surface area contributed by atoms with Crippen molar-refractivity contribution in [1.82, 2.24) is 0 Å². The van der Waals surface area contributed by atoms with E-state index >= 15 is 0 Å². The van der Waals surface area contributed by atoms with Crippen molar-refractivity contribution in [2.45, 2.75) is 12.5 Å². The van der Waals surface area contributed by atoms with Gasteiger partial charge in [-0.05, 0) is 53.6 Å². The summed E-state index contributed by atoms with van der Waals surface area (Å²) in [5.74, 6) is 0.477. The smallest absolute Gasteiger partial charge is 0.336 e. The minimum Gasteiger partial charge on any atom is -0.497 e. The topological polar surface area (TPSA) is 113 Å². The average Bonchev–Trinajstić information content (AvgIpc) is 3.03. The number of nitrogens with two attached hydrogens (primary N) is 1. The molecule has 0 bridgehead atoms. The third-order valence-corrected chi connectivity index (χ3v) is 6.80. The Morgan fingerprint density at radius 3 is 2.47 bits per heavy atom. The van der Waals surface area contributed by atoms with E-state index in [4.69, 9.17) is 29.4 Å². The number of allylic oxidation sites excluding steroid dienone is 1. The van der Waals surface area contributed by atoms with Crippen LogP contribution in [0, 0.1) is 17.1 Å². The predicted octanol–water partition coefficient (Wildman–Crippen LogP) is 6.26. The summed E-state index contributed by atoms with van der Waals surface area (Å²) >= 11 is 0. The molecule has 0 spiro atoms. The van der Waals surface area contributed by atoms with Crippen LogP contribution in [-0.4, -0.2) is 20.2 Å². The van der Waals surface area contributed by atoms with E-state index in [0.29, 0.717) is 39.7 Å². The fourth-order valence-electron chi connectivity index (χ4n) is 4.63. The lowest BCUT2D eigenvalue weighted by Gasteiger charge is -2.27. The Kier molecular flexibility index (Phi) is 8.58. The van der Waals surface area contributed by atoms with E-state index in [1.165, 1.54) is 19.3 Å². The molecular weight excluding hydrogens is 551 g/mol. The van der Waals surface area contributed by atoms with E-state index in [9.17, 15) is 14.4 Å². The highest BCUT2D eigenvalue weighted by Crippen LogP contribution is 2.45. The highest BCUT2D eigenvalue weighted by molar-refractivity contribution is 5.88. The van der Waals surface area contributed by atoms with Gasteiger partial charge >= 0.3 is 5.97 Å². The lowest BCUT2D eigenvalue weighted by Crippen LogP contribution is -2.21. The first-order chi connectivity index (χ1) is 20.9. The van der Waals surface area contributed by atoms with Crippen LogP contribution in [0.15, 0.2) is 102 Å². The number of nitrogens with zero attached hydrogens (tertiary/aromatic N) is 1. The molecule has 1 atom stereocenters. The molecule has 1 heterocycles. The van der Waals surface area contributed by atoms with E-state index in [2.05, 4.69) is 6.07 Å². The third-order valence-electron chi connectivity index (χ3n) is 6.80. The summed E-state index contributed by atoms with van der Waals surface area (Å²) in [6.07, 6.45) is 2.94. The zero-order valence-electron chi connectivity index (χ0n) is 23.4. The van der Waals surface area contributed by atoms with Crippen LogP contribution >= 0.6 is 0 Å². The first kappa shape index (κ1) is 28.8. The fraction of sp³-hybridized carbons (Fsp3) is 0.118. The number of benzene rings is 4. The van der Waals surface area contributed by atoms with Gasteiger partial charge in [0.05, 0.1) is 20.1 Å². The standard InChI is InChI=1S/C34H27FN2O6/c1-39-24-11-7-21(8-12-24)9-16-32(38)42-25-13-14-26-30(18-25)43-34(37)27(19-36)33(26)22-10-15-29(31(17-22)40-2)41-20-23-5-3-4-6-28(23)35/h3-18,33H,20,37H2,1-2H3/b16-9+. The maximum atomic E-state index is 14.1. The SMILES string of the molecule is COc1ccc(/C=C/C(=O)Oc2ccc3c(c2)OC(N)=C(C#N)C3c2ccc(OCc3ccccc3F)c(OC)c2)cc1. The number of esters is 1. The Balaban J connectivity index is 1.37. The second kappa shape index (κ2) is 12.8. The van der Waals surface area contributed by atoms with Crippen LogP contribution in [0.25, 0.3) is 6.08 Å². The van der Waals surface area contributed by atoms with Gasteiger partial charge in [0.2, 0.25) is 5.88 Å². The third kappa shape index (κ3) is 6.44. The number of ether oxygens (including phenoxy) is 5. The summed E-state index contributed by atoms with van der Waals surface area (Å²) in [4.78, 5) is 12.5. The molecule has 0 radical (unpaired) electrons. The Bertz CT molecular complexity index is 1760. The monoisotopic (exact) mass is 578 g/mol. The molecule has 4 aromatic rings. The van der Waals surface area contributed by atoms with E-state index < -0.39 is 11.9 Å². The first-order valence-electron chi connectivity index (χ1n) is 13.2. The van der Waals surface area contributed by atoms with Crippen molar-refractivity contribution in [2.24, 2.45) is 5.73 Å². The van der Waals surface area contributed by atoms with Gasteiger partial charge in [-0.2, -0.15) is 5.26 Å². The van der Waals surface area contributed by atoms with Crippen molar-refractivity contribution in [2.75, 3.05) is 14.2 Å². The van der Waals surface area contributed by atoms with Gasteiger partial charge in [0.1, 0.15) is 41.3 Å². The van der Waals surface area contributed by atoms with Crippen molar-refractivity contribution < 1.29 is 32.9 Å². The van der Waals surface area contributed by atoms with Gasteiger partial charge < -0.3 is 29.4 Å². The molecule has 0 saturated carbocycles. The molecule has 216 valence electrons. The number of methoxy groups -OCH3 is 2. The largest absolute Gasteiger partial charge is 0.497 e. The summed E-state index contributed by atoms with van der Waals surface area (Å²) in [6.45, 7) is 0.00948. The van der Waals surface area contributed by atoms with Crippen LogP contribution < -0.4 is 29.4 Å². The van der Waals surface area contributed by atoms with Gasteiger partial charge in [-0.15, -0.1) is 0 Å². The first-order valence-corrected chi connectivity index (χ1v) is 13.2. The lowest BCUT2D eigenvalue weighted by atomic mass is 9.83. The average molecular weight is 579 g/mol. The van der Waals surface area contributed by atoms with E-state index in [-0.39, 0.29) is 29.6 Å². The molecule has 0 amide bonds. The van der Waals surface area contributed by atoms with Gasteiger partial charge in [-0.25, -0.2) is 9.18 Å². The number of halogens is 1. The number of hydrogen-bond donors (Lipinski definition) is 1. The van der Waals surface area contributed by atoms with Crippen molar-refractivity contribution in [3.63, 3.8) is 0 Å². The summed E-state index contributed by atoms with van der Waals surface area (Å²) in [6, 6.07) is 25.8. The number of rotatable bonds is 9. The number of carbonyl (C=O) groups is 1. The molecule has 1 aliphatic heterocycles. The molecule has 2 N–H and O–H groups in total. The summed E-state index contributed by atoms with van der Waals surface area (Å²) in [7, 11) is 3.07. The molecule has 5 rings (SSSR count). The molecule has 1 unspecified atom stereocenters.